The number of hydrogen-bond donors (Lipinski definition) is 2. The van der Waals surface area contributed by atoms with E-state index in [0.717, 1.165) is 19.3 Å². The van der Waals surface area contributed by atoms with Crippen LogP contribution in [0, 0.1) is 0 Å². The molecule has 0 heterocycles. The van der Waals surface area contributed by atoms with Gasteiger partial charge in [-0.25, -0.2) is 0 Å². The Bertz CT molecular complexity index is 368. The van der Waals surface area contributed by atoms with Crippen molar-refractivity contribution in [1.82, 2.24) is 5.32 Å². The van der Waals surface area contributed by atoms with E-state index >= 15 is 0 Å². The molecule has 0 bridgehead atoms. The van der Waals surface area contributed by atoms with Crippen LogP contribution >= 0.6 is 0 Å². The fraction of sp³-hybridized carbons (Fsp3) is 0.533. The molecule has 1 atom stereocenters. The lowest BCUT2D eigenvalue weighted by atomic mass is 10.00. The first-order valence-electron chi connectivity index (χ1n) is 6.57. The quantitative estimate of drug-likeness (QED) is 0.811. The van der Waals surface area contributed by atoms with Gasteiger partial charge in [-0.3, -0.25) is 4.79 Å². The van der Waals surface area contributed by atoms with Crippen molar-refractivity contribution in [3.63, 3.8) is 0 Å². The SMILES string of the molecule is CCCC(Cc1ccccc1)NC(=O)C(C)(C)N. The van der Waals surface area contributed by atoms with Gasteiger partial charge >= 0.3 is 0 Å². The number of hydrogen-bond acceptors (Lipinski definition) is 2. The molecule has 0 saturated carbocycles. The average Bonchev–Trinajstić information content (AvgIpc) is 2.29. The van der Waals surface area contributed by atoms with Gasteiger partial charge in [-0.05, 0) is 32.3 Å². The summed E-state index contributed by atoms with van der Waals surface area (Å²) in [5, 5.41) is 3.04. The van der Waals surface area contributed by atoms with Gasteiger partial charge in [0.05, 0.1) is 5.54 Å². The van der Waals surface area contributed by atoms with Crippen LogP contribution in [0.5, 0.6) is 0 Å². The summed E-state index contributed by atoms with van der Waals surface area (Å²) in [7, 11) is 0. The lowest BCUT2D eigenvalue weighted by molar-refractivity contribution is -0.126. The maximum Gasteiger partial charge on any atom is 0.239 e. The Kier molecular flexibility index (Phi) is 5.35. The second kappa shape index (κ2) is 6.55. The van der Waals surface area contributed by atoms with Gasteiger partial charge in [-0.1, -0.05) is 43.7 Å². The molecular weight excluding hydrogens is 224 g/mol. The Morgan fingerprint density at radius 3 is 2.44 bits per heavy atom. The van der Waals surface area contributed by atoms with Crippen LogP contribution in [-0.4, -0.2) is 17.5 Å². The fourth-order valence-electron chi connectivity index (χ4n) is 1.84. The molecule has 0 spiro atoms. The molecule has 3 N–H and O–H groups in total. The molecule has 1 aromatic carbocycles. The Morgan fingerprint density at radius 2 is 1.94 bits per heavy atom. The molecule has 1 amide bonds. The third kappa shape index (κ3) is 4.88. The topological polar surface area (TPSA) is 55.1 Å². The number of carbonyl (C=O) groups excluding carboxylic acids is 1. The second-order valence-corrected chi connectivity index (χ2v) is 5.37. The molecule has 0 radical (unpaired) electrons. The van der Waals surface area contributed by atoms with Crippen LogP contribution in [0.2, 0.25) is 0 Å². The number of amides is 1. The van der Waals surface area contributed by atoms with E-state index in [0.29, 0.717) is 0 Å². The van der Waals surface area contributed by atoms with Crippen molar-refractivity contribution in [3.05, 3.63) is 35.9 Å². The highest BCUT2D eigenvalue weighted by Gasteiger charge is 2.24. The number of rotatable bonds is 6. The van der Waals surface area contributed by atoms with Crippen LogP contribution in [0.15, 0.2) is 30.3 Å². The standard InChI is InChI=1S/C15H24N2O/c1-4-8-13(17-14(18)15(2,3)16)11-12-9-6-5-7-10-12/h5-7,9-10,13H,4,8,11,16H2,1-3H3,(H,17,18). The van der Waals surface area contributed by atoms with Crippen LogP contribution in [0.3, 0.4) is 0 Å². The number of carbonyl (C=O) groups is 1. The zero-order valence-corrected chi connectivity index (χ0v) is 11.6. The van der Waals surface area contributed by atoms with Gasteiger partial charge in [0.1, 0.15) is 0 Å². The van der Waals surface area contributed by atoms with Crippen molar-refractivity contribution >= 4 is 5.91 Å². The van der Waals surface area contributed by atoms with Crippen molar-refractivity contribution < 1.29 is 4.79 Å². The highest BCUT2D eigenvalue weighted by molar-refractivity contribution is 5.85. The first-order chi connectivity index (χ1) is 8.43. The first kappa shape index (κ1) is 14.7. The predicted octanol–water partition coefficient (Wildman–Crippen LogP) is 2.25. The van der Waals surface area contributed by atoms with E-state index in [-0.39, 0.29) is 11.9 Å². The number of benzene rings is 1. The van der Waals surface area contributed by atoms with Crippen LogP contribution in [0.4, 0.5) is 0 Å². The lowest BCUT2D eigenvalue weighted by Crippen LogP contribution is -2.52. The second-order valence-electron chi connectivity index (χ2n) is 5.37. The maximum absolute atomic E-state index is 11.9. The summed E-state index contributed by atoms with van der Waals surface area (Å²) < 4.78 is 0. The van der Waals surface area contributed by atoms with Gasteiger partial charge in [0.25, 0.3) is 0 Å². The van der Waals surface area contributed by atoms with Gasteiger partial charge in [-0.2, -0.15) is 0 Å². The van der Waals surface area contributed by atoms with Crippen molar-refractivity contribution in [1.29, 1.82) is 0 Å². The number of nitrogens with one attached hydrogen (secondary N) is 1. The highest BCUT2D eigenvalue weighted by Crippen LogP contribution is 2.09. The summed E-state index contributed by atoms with van der Waals surface area (Å²) in [6.07, 6.45) is 2.87. The molecule has 1 unspecified atom stereocenters. The lowest BCUT2D eigenvalue weighted by Gasteiger charge is -2.24. The molecule has 0 saturated heterocycles. The van der Waals surface area contributed by atoms with E-state index in [9.17, 15) is 4.79 Å². The highest BCUT2D eigenvalue weighted by atomic mass is 16.2. The van der Waals surface area contributed by atoms with Gasteiger partial charge in [0, 0.05) is 6.04 Å². The Morgan fingerprint density at radius 1 is 1.33 bits per heavy atom. The molecule has 1 aromatic rings. The molecule has 0 aromatic heterocycles. The fourth-order valence-corrected chi connectivity index (χ4v) is 1.84. The van der Waals surface area contributed by atoms with Crippen LogP contribution in [0.1, 0.15) is 39.2 Å². The largest absolute Gasteiger partial charge is 0.351 e. The summed E-state index contributed by atoms with van der Waals surface area (Å²) >= 11 is 0. The van der Waals surface area contributed by atoms with Gasteiger partial charge in [0.15, 0.2) is 0 Å². The van der Waals surface area contributed by atoms with E-state index in [4.69, 9.17) is 5.73 Å². The Hall–Kier alpha value is -1.35. The molecule has 18 heavy (non-hydrogen) atoms. The molecular formula is C15H24N2O. The van der Waals surface area contributed by atoms with Crippen LogP contribution in [0.25, 0.3) is 0 Å². The summed E-state index contributed by atoms with van der Waals surface area (Å²) in [6.45, 7) is 5.58. The van der Waals surface area contributed by atoms with E-state index in [1.54, 1.807) is 13.8 Å². The number of nitrogens with two attached hydrogens (primary N) is 1. The molecule has 3 nitrogen and oxygen atoms in total. The molecule has 0 aliphatic rings. The molecule has 0 aliphatic carbocycles. The van der Waals surface area contributed by atoms with E-state index in [1.165, 1.54) is 5.56 Å². The maximum atomic E-state index is 11.9. The summed E-state index contributed by atoms with van der Waals surface area (Å²) in [6, 6.07) is 10.4. The van der Waals surface area contributed by atoms with Gasteiger partial charge in [-0.15, -0.1) is 0 Å². The third-order valence-electron chi connectivity index (χ3n) is 2.88. The molecule has 0 fully saturated rings. The van der Waals surface area contributed by atoms with Crippen molar-refractivity contribution in [2.75, 3.05) is 0 Å². The third-order valence-corrected chi connectivity index (χ3v) is 2.88. The smallest absolute Gasteiger partial charge is 0.239 e. The summed E-state index contributed by atoms with van der Waals surface area (Å²) in [4.78, 5) is 11.9. The summed E-state index contributed by atoms with van der Waals surface area (Å²) in [5.74, 6) is -0.0862. The van der Waals surface area contributed by atoms with E-state index < -0.39 is 5.54 Å². The van der Waals surface area contributed by atoms with Gasteiger partial charge in [0.2, 0.25) is 5.91 Å². The van der Waals surface area contributed by atoms with Crippen molar-refractivity contribution in [3.8, 4) is 0 Å². The molecule has 100 valence electrons. The molecule has 1 rings (SSSR count). The zero-order chi connectivity index (χ0) is 13.6. The molecule has 0 aliphatic heterocycles. The normalized spacial score (nSPS) is 13.1. The van der Waals surface area contributed by atoms with Crippen molar-refractivity contribution in [2.45, 2.75) is 51.6 Å². The Balaban J connectivity index is 2.63. The Labute approximate surface area is 110 Å². The van der Waals surface area contributed by atoms with E-state index in [2.05, 4.69) is 24.4 Å². The summed E-state index contributed by atoms with van der Waals surface area (Å²) in [5.41, 5.74) is 6.23. The van der Waals surface area contributed by atoms with Crippen LogP contribution in [-0.2, 0) is 11.2 Å². The monoisotopic (exact) mass is 248 g/mol. The minimum atomic E-state index is -0.817. The zero-order valence-electron chi connectivity index (χ0n) is 11.6. The van der Waals surface area contributed by atoms with Crippen LogP contribution < -0.4 is 11.1 Å². The minimum absolute atomic E-state index is 0.0862. The van der Waals surface area contributed by atoms with E-state index in [1.807, 2.05) is 18.2 Å². The first-order valence-corrected chi connectivity index (χ1v) is 6.57. The minimum Gasteiger partial charge on any atom is -0.351 e. The molecule has 3 heteroatoms. The van der Waals surface area contributed by atoms with Gasteiger partial charge < -0.3 is 11.1 Å². The van der Waals surface area contributed by atoms with Crippen molar-refractivity contribution in [2.24, 2.45) is 5.73 Å². The predicted molar refractivity (Wildman–Crippen MR) is 75.3 cm³/mol. The average molecular weight is 248 g/mol.